The van der Waals surface area contributed by atoms with Crippen molar-refractivity contribution in [3.8, 4) is 6.07 Å². The smallest absolute Gasteiger partial charge is 0.140 e. The van der Waals surface area contributed by atoms with Gasteiger partial charge in [0, 0.05) is 25.0 Å². The quantitative estimate of drug-likeness (QED) is 0.727. The maximum Gasteiger partial charge on any atom is 0.140 e. The Labute approximate surface area is 178 Å². The zero-order valence-corrected chi connectivity index (χ0v) is 18.0. The Balaban J connectivity index is 1.42. The molecule has 7 nitrogen and oxygen atoms in total. The minimum absolute atomic E-state index is 0.219. The van der Waals surface area contributed by atoms with Crippen molar-refractivity contribution in [2.75, 3.05) is 39.5 Å². The fourth-order valence-electron chi connectivity index (χ4n) is 4.62. The summed E-state index contributed by atoms with van der Waals surface area (Å²) in [7, 11) is 4.10. The lowest BCUT2D eigenvalue weighted by Gasteiger charge is -2.23. The highest BCUT2D eigenvalue weighted by atomic mass is 16.5. The van der Waals surface area contributed by atoms with Crippen LogP contribution in [0.25, 0.3) is 0 Å². The van der Waals surface area contributed by atoms with Crippen LogP contribution in [0.4, 0.5) is 5.82 Å². The first-order valence-electron chi connectivity index (χ1n) is 10.9. The molecule has 0 bridgehead atoms. The van der Waals surface area contributed by atoms with Gasteiger partial charge in [0.2, 0.25) is 0 Å². The van der Waals surface area contributed by atoms with Gasteiger partial charge in [-0.2, -0.15) is 10.4 Å². The molecule has 1 aromatic heterocycles. The minimum Gasteiger partial charge on any atom is -0.383 e. The SMILES string of the molecule is CN(C)CCO[C@H]1CN[C@H](Cn2nc([C@@H]3CCc4ccccc4C3)c(C#N)c2N)C1. The fraction of sp³-hybridized carbons (Fsp3) is 0.565. The second kappa shape index (κ2) is 9.17. The van der Waals surface area contributed by atoms with Gasteiger partial charge >= 0.3 is 0 Å². The van der Waals surface area contributed by atoms with Gasteiger partial charge in [0.25, 0.3) is 0 Å². The first-order chi connectivity index (χ1) is 14.5. The number of rotatable bonds is 7. The van der Waals surface area contributed by atoms with Crippen LogP contribution in [0, 0.1) is 11.3 Å². The van der Waals surface area contributed by atoms with Gasteiger partial charge in [0.1, 0.15) is 17.5 Å². The number of aromatic nitrogens is 2. The summed E-state index contributed by atoms with van der Waals surface area (Å²) in [4.78, 5) is 2.12. The maximum absolute atomic E-state index is 9.76. The van der Waals surface area contributed by atoms with Crippen molar-refractivity contribution in [2.45, 2.75) is 50.3 Å². The number of ether oxygens (including phenoxy) is 1. The van der Waals surface area contributed by atoms with E-state index < -0.39 is 0 Å². The van der Waals surface area contributed by atoms with E-state index in [9.17, 15) is 5.26 Å². The van der Waals surface area contributed by atoms with Crippen molar-refractivity contribution in [3.05, 3.63) is 46.6 Å². The Morgan fingerprint density at radius 2 is 2.13 bits per heavy atom. The molecule has 2 heterocycles. The van der Waals surface area contributed by atoms with Crippen molar-refractivity contribution in [3.63, 3.8) is 0 Å². The van der Waals surface area contributed by atoms with Crippen molar-refractivity contribution in [1.29, 1.82) is 5.26 Å². The largest absolute Gasteiger partial charge is 0.383 e. The first kappa shape index (κ1) is 20.9. The van der Waals surface area contributed by atoms with Gasteiger partial charge < -0.3 is 20.7 Å². The van der Waals surface area contributed by atoms with E-state index in [4.69, 9.17) is 15.6 Å². The second-order valence-corrected chi connectivity index (χ2v) is 8.78. The van der Waals surface area contributed by atoms with Gasteiger partial charge in [0.05, 0.1) is 24.9 Å². The van der Waals surface area contributed by atoms with Gasteiger partial charge in [-0.1, -0.05) is 24.3 Å². The highest BCUT2D eigenvalue weighted by Crippen LogP contribution is 2.35. The molecule has 7 heteroatoms. The van der Waals surface area contributed by atoms with Crippen molar-refractivity contribution < 1.29 is 4.74 Å². The number of nitriles is 1. The highest BCUT2D eigenvalue weighted by Gasteiger charge is 2.30. The summed E-state index contributed by atoms with van der Waals surface area (Å²) in [6.45, 7) is 3.17. The molecule has 1 saturated heterocycles. The molecule has 3 atom stereocenters. The van der Waals surface area contributed by atoms with Crippen LogP contribution in [0.3, 0.4) is 0 Å². The number of likely N-dealkylation sites (N-methyl/N-ethyl adjacent to an activating group) is 1. The maximum atomic E-state index is 9.76. The summed E-state index contributed by atoms with van der Waals surface area (Å²) in [5, 5.41) is 18.1. The zero-order valence-electron chi connectivity index (χ0n) is 18.0. The molecule has 1 fully saturated rings. The summed E-state index contributed by atoms with van der Waals surface area (Å²) in [6, 6.07) is 11.1. The van der Waals surface area contributed by atoms with Crippen LogP contribution >= 0.6 is 0 Å². The van der Waals surface area contributed by atoms with Gasteiger partial charge in [-0.25, -0.2) is 4.68 Å². The van der Waals surface area contributed by atoms with E-state index in [1.807, 2.05) is 4.68 Å². The molecule has 2 aliphatic rings. The molecule has 0 amide bonds. The number of nitrogens with one attached hydrogen (secondary N) is 1. The summed E-state index contributed by atoms with van der Waals surface area (Å²) in [6.07, 6.45) is 4.10. The lowest BCUT2D eigenvalue weighted by Crippen LogP contribution is -2.28. The monoisotopic (exact) mass is 408 g/mol. The van der Waals surface area contributed by atoms with Crippen molar-refractivity contribution >= 4 is 5.82 Å². The molecule has 0 radical (unpaired) electrons. The normalized spacial score (nSPS) is 23.5. The molecule has 160 valence electrons. The lowest BCUT2D eigenvalue weighted by molar-refractivity contribution is 0.0551. The minimum atomic E-state index is 0.219. The van der Waals surface area contributed by atoms with E-state index in [0.717, 1.165) is 51.1 Å². The third kappa shape index (κ3) is 4.51. The van der Waals surface area contributed by atoms with Crippen LogP contribution in [0.1, 0.15) is 41.1 Å². The molecule has 4 rings (SSSR count). The number of nitrogens with two attached hydrogens (primary N) is 1. The van der Waals surface area contributed by atoms with E-state index in [-0.39, 0.29) is 18.1 Å². The molecule has 1 aliphatic heterocycles. The molecule has 2 aromatic rings. The predicted octanol–water partition coefficient (Wildman–Crippen LogP) is 1.92. The summed E-state index contributed by atoms with van der Waals surface area (Å²) >= 11 is 0. The molecule has 30 heavy (non-hydrogen) atoms. The highest BCUT2D eigenvalue weighted by molar-refractivity contribution is 5.54. The number of fused-ring (bicyclic) bond motifs is 1. The second-order valence-electron chi connectivity index (χ2n) is 8.78. The number of nitrogens with zero attached hydrogens (tertiary/aromatic N) is 4. The topological polar surface area (TPSA) is 92.1 Å². The Kier molecular flexibility index (Phi) is 6.38. The number of nitrogen functional groups attached to an aromatic ring is 1. The first-order valence-corrected chi connectivity index (χ1v) is 10.9. The molecular formula is C23H32N6O. The van der Waals surface area contributed by atoms with Crippen LogP contribution in [0.2, 0.25) is 0 Å². The summed E-state index contributed by atoms with van der Waals surface area (Å²) in [5.41, 5.74) is 10.5. The third-order valence-electron chi connectivity index (χ3n) is 6.33. The molecule has 1 aromatic carbocycles. The van der Waals surface area contributed by atoms with E-state index in [1.54, 1.807) is 0 Å². The van der Waals surface area contributed by atoms with E-state index >= 15 is 0 Å². The molecule has 0 unspecified atom stereocenters. The Hall–Kier alpha value is -2.40. The number of hydrogen-bond acceptors (Lipinski definition) is 6. The molecular weight excluding hydrogens is 376 g/mol. The van der Waals surface area contributed by atoms with Crippen molar-refractivity contribution in [2.24, 2.45) is 0 Å². The van der Waals surface area contributed by atoms with E-state index in [0.29, 0.717) is 17.9 Å². The fourth-order valence-corrected chi connectivity index (χ4v) is 4.62. The van der Waals surface area contributed by atoms with Crippen LogP contribution in [-0.2, 0) is 24.1 Å². The van der Waals surface area contributed by atoms with E-state index in [2.05, 4.69) is 54.6 Å². The molecule has 0 saturated carbocycles. The number of anilines is 1. The lowest BCUT2D eigenvalue weighted by atomic mass is 9.81. The number of benzene rings is 1. The van der Waals surface area contributed by atoms with Gasteiger partial charge in [-0.05, 0) is 50.9 Å². The standard InChI is InChI=1S/C23H32N6O/c1-28(2)9-10-30-20-12-19(26-14-20)15-29-23(25)21(13-24)22(27-29)18-8-7-16-5-3-4-6-17(16)11-18/h3-6,18-20,26H,7-12,14-15,25H2,1-2H3/t18-,19+,20-/m1/s1. The summed E-state index contributed by atoms with van der Waals surface area (Å²) < 4.78 is 7.80. The van der Waals surface area contributed by atoms with E-state index in [1.165, 1.54) is 11.1 Å². The van der Waals surface area contributed by atoms with Crippen LogP contribution < -0.4 is 11.1 Å². The molecule has 1 aliphatic carbocycles. The molecule has 3 N–H and O–H groups in total. The van der Waals surface area contributed by atoms with Crippen LogP contribution in [0.15, 0.2) is 24.3 Å². The summed E-state index contributed by atoms with van der Waals surface area (Å²) in [5.74, 6) is 0.738. The van der Waals surface area contributed by atoms with Gasteiger partial charge in [-0.15, -0.1) is 0 Å². The van der Waals surface area contributed by atoms with Crippen LogP contribution in [0.5, 0.6) is 0 Å². The number of aryl methyl sites for hydroxylation is 1. The zero-order chi connectivity index (χ0) is 21.1. The van der Waals surface area contributed by atoms with Crippen molar-refractivity contribution in [1.82, 2.24) is 20.0 Å². The van der Waals surface area contributed by atoms with Gasteiger partial charge in [-0.3, -0.25) is 0 Å². The average Bonchev–Trinajstić information content (AvgIpc) is 3.31. The Bertz CT molecular complexity index is 915. The number of hydrogen-bond donors (Lipinski definition) is 2. The average molecular weight is 409 g/mol. The Morgan fingerprint density at radius 1 is 1.33 bits per heavy atom. The Morgan fingerprint density at radius 3 is 2.90 bits per heavy atom. The molecule has 0 spiro atoms. The third-order valence-corrected chi connectivity index (χ3v) is 6.33. The van der Waals surface area contributed by atoms with Crippen LogP contribution in [-0.4, -0.2) is 60.6 Å². The van der Waals surface area contributed by atoms with Gasteiger partial charge in [0.15, 0.2) is 0 Å². The predicted molar refractivity (Wildman–Crippen MR) is 117 cm³/mol.